The molecule has 0 radical (unpaired) electrons. The lowest BCUT2D eigenvalue weighted by Crippen LogP contribution is -2.26. The third-order valence-electron chi connectivity index (χ3n) is 3.88. The molecule has 1 aromatic heterocycles. The number of ether oxygens (including phenoxy) is 2. The predicted molar refractivity (Wildman–Crippen MR) is 100 cm³/mol. The molecule has 1 heterocycles. The molecule has 0 spiro atoms. The molecule has 0 unspecified atom stereocenters. The molecule has 2 N–H and O–H groups in total. The number of sulfonamides is 1. The van der Waals surface area contributed by atoms with E-state index in [4.69, 9.17) is 9.47 Å². The Morgan fingerprint density at radius 3 is 2.48 bits per heavy atom. The topological polar surface area (TPSA) is 106 Å². The highest BCUT2D eigenvalue weighted by molar-refractivity contribution is 7.89. The summed E-state index contributed by atoms with van der Waals surface area (Å²) < 4.78 is 37.7. The highest BCUT2D eigenvalue weighted by atomic mass is 32.2. The van der Waals surface area contributed by atoms with Gasteiger partial charge < -0.3 is 9.47 Å². The van der Waals surface area contributed by atoms with Crippen molar-refractivity contribution in [1.82, 2.24) is 19.9 Å². The van der Waals surface area contributed by atoms with Crippen LogP contribution in [0.2, 0.25) is 0 Å². The minimum Gasteiger partial charge on any atom is -0.493 e. The number of methoxy groups -OCH3 is 2. The van der Waals surface area contributed by atoms with E-state index in [2.05, 4.69) is 19.9 Å². The van der Waals surface area contributed by atoms with E-state index in [1.807, 2.05) is 30.3 Å². The molecule has 0 fully saturated rings. The Morgan fingerprint density at radius 2 is 1.78 bits per heavy atom. The fourth-order valence-corrected chi connectivity index (χ4v) is 3.54. The second-order valence-electron chi connectivity index (χ2n) is 5.64. The number of H-pyrrole nitrogens is 1. The number of rotatable bonds is 8. The summed E-state index contributed by atoms with van der Waals surface area (Å²) in [6.45, 7) is 0.181. The van der Waals surface area contributed by atoms with Crippen LogP contribution in [-0.2, 0) is 16.4 Å². The Balaban J connectivity index is 1.64. The van der Waals surface area contributed by atoms with Crippen molar-refractivity contribution >= 4 is 10.0 Å². The Morgan fingerprint density at radius 1 is 1.04 bits per heavy atom. The van der Waals surface area contributed by atoms with Crippen LogP contribution in [0.4, 0.5) is 0 Å². The standard InChI is InChI=1S/C18H20N4O4S/c1-25-15-9-8-14(12-16(15)26-2)27(23,24)19-11-10-17-20-18(22-21-17)13-6-4-3-5-7-13/h3-9,12,19H,10-11H2,1-2H3,(H,20,21,22). The molecule has 27 heavy (non-hydrogen) atoms. The fraction of sp³-hybridized carbons (Fsp3) is 0.222. The summed E-state index contributed by atoms with van der Waals surface area (Å²) in [4.78, 5) is 4.48. The van der Waals surface area contributed by atoms with Gasteiger partial charge in [0.05, 0.1) is 19.1 Å². The van der Waals surface area contributed by atoms with Crippen LogP contribution in [0.5, 0.6) is 11.5 Å². The van der Waals surface area contributed by atoms with E-state index in [9.17, 15) is 8.42 Å². The molecule has 2 aromatic carbocycles. The van der Waals surface area contributed by atoms with Gasteiger partial charge in [-0.25, -0.2) is 18.1 Å². The third kappa shape index (κ3) is 4.44. The van der Waals surface area contributed by atoms with Gasteiger partial charge in [0.15, 0.2) is 17.3 Å². The summed E-state index contributed by atoms with van der Waals surface area (Å²) in [7, 11) is -0.735. The molecule has 3 aromatic rings. The third-order valence-corrected chi connectivity index (χ3v) is 5.34. The molecule has 0 aliphatic rings. The minimum atomic E-state index is -3.68. The number of hydrogen-bond donors (Lipinski definition) is 2. The van der Waals surface area contributed by atoms with E-state index < -0.39 is 10.0 Å². The van der Waals surface area contributed by atoms with E-state index in [0.29, 0.717) is 29.6 Å². The van der Waals surface area contributed by atoms with Crippen molar-refractivity contribution < 1.29 is 17.9 Å². The van der Waals surface area contributed by atoms with Crippen LogP contribution >= 0.6 is 0 Å². The van der Waals surface area contributed by atoms with Crippen LogP contribution in [0, 0.1) is 0 Å². The normalized spacial score (nSPS) is 11.3. The van der Waals surface area contributed by atoms with Crippen LogP contribution in [0.1, 0.15) is 5.82 Å². The van der Waals surface area contributed by atoms with Gasteiger partial charge >= 0.3 is 0 Å². The van der Waals surface area contributed by atoms with Gasteiger partial charge in [-0.1, -0.05) is 30.3 Å². The molecule has 3 rings (SSSR count). The van der Waals surface area contributed by atoms with Crippen LogP contribution in [0.15, 0.2) is 53.4 Å². The van der Waals surface area contributed by atoms with Gasteiger partial charge in [-0.05, 0) is 12.1 Å². The highest BCUT2D eigenvalue weighted by Crippen LogP contribution is 2.29. The minimum absolute atomic E-state index is 0.0997. The largest absolute Gasteiger partial charge is 0.493 e. The molecule has 0 aliphatic carbocycles. The molecule has 0 saturated carbocycles. The van der Waals surface area contributed by atoms with Gasteiger partial charge in [-0.2, -0.15) is 5.10 Å². The summed E-state index contributed by atoms with van der Waals surface area (Å²) in [6, 6.07) is 14.0. The van der Waals surface area contributed by atoms with Crippen molar-refractivity contribution in [2.75, 3.05) is 20.8 Å². The fourth-order valence-electron chi connectivity index (χ4n) is 2.49. The van der Waals surface area contributed by atoms with Crippen molar-refractivity contribution in [3.8, 4) is 22.9 Å². The molecule has 0 aliphatic heterocycles. The van der Waals surface area contributed by atoms with Crippen molar-refractivity contribution in [2.45, 2.75) is 11.3 Å². The molecule has 0 saturated heterocycles. The Kier molecular flexibility index (Phi) is 5.72. The van der Waals surface area contributed by atoms with E-state index in [-0.39, 0.29) is 11.4 Å². The summed E-state index contributed by atoms with van der Waals surface area (Å²) >= 11 is 0. The lowest BCUT2D eigenvalue weighted by Gasteiger charge is -2.10. The predicted octanol–water partition coefficient (Wildman–Crippen LogP) is 2.01. The monoisotopic (exact) mass is 388 g/mol. The lowest BCUT2D eigenvalue weighted by atomic mass is 10.2. The number of hydrogen-bond acceptors (Lipinski definition) is 6. The number of aromatic nitrogens is 3. The SMILES string of the molecule is COc1ccc(S(=O)(=O)NCCc2nc(-c3ccccc3)n[nH]2)cc1OC. The molecule has 0 atom stereocenters. The van der Waals surface area contributed by atoms with E-state index in [1.54, 1.807) is 6.07 Å². The number of nitrogens with zero attached hydrogens (tertiary/aromatic N) is 2. The zero-order valence-corrected chi connectivity index (χ0v) is 15.8. The molecule has 8 nitrogen and oxygen atoms in total. The van der Waals surface area contributed by atoms with Gasteiger partial charge in [0.1, 0.15) is 5.82 Å². The molecule has 0 bridgehead atoms. The number of nitrogens with one attached hydrogen (secondary N) is 2. The van der Waals surface area contributed by atoms with E-state index >= 15 is 0 Å². The van der Waals surface area contributed by atoms with Crippen molar-refractivity contribution in [2.24, 2.45) is 0 Å². The van der Waals surface area contributed by atoms with Crippen molar-refractivity contribution in [3.63, 3.8) is 0 Å². The van der Waals surface area contributed by atoms with Gasteiger partial charge in [-0.3, -0.25) is 5.10 Å². The van der Waals surface area contributed by atoms with Crippen molar-refractivity contribution in [3.05, 3.63) is 54.4 Å². The maximum Gasteiger partial charge on any atom is 0.240 e. The average molecular weight is 388 g/mol. The zero-order chi connectivity index (χ0) is 19.3. The molecule has 9 heteroatoms. The van der Waals surface area contributed by atoms with E-state index in [1.165, 1.54) is 26.4 Å². The van der Waals surface area contributed by atoms with Crippen LogP contribution < -0.4 is 14.2 Å². The molecule has 0 amide bonds. The summed E-state index contributed by atoms with van der Waals surface area (Å²) in [5, 5.41) is 6.99. The van der Waals surface area contributed by atoms with Gasteiger partial charge in [0, 0.05) is 24.6 Å². The smallest absolute Gasteiger partial charge is 0.240 e. The second-order valence-corrected chi connectivity index (χ2v) is 7.40. The first-order chi connectivity index (χ1) is 13.0. The lowest BCUT2D eigenvalue weighted by molar-refractivity contribution is 0.354. The van der Waals surface area contributed by atoms with Crippen LogP contribution in [0.25, 0.3) is 11.4 Å². The first-order valence-electron chi connectivity index (χ1n) is 8.22. The van der Waals surface area contributed by atoms with Crippen LogP contribution in [-0.4, -0.2) is 44.4 Å². The molecular formula is C18H20N4O4S. The first kappa shape index (κ1) is 18.9. The Bertz CT molecular complexity index is 1000. The zero-order valence-electron chi connectivity index (χ0n) is 15.0. The summed E-state index contributed by atoms with van der Waals surface area (Å²) in [5.74, 6) is 1.99. The second kappa shape index (κ2) is 8.19. The van der Waals surface area contributed by atoms with Gasteiger partial charge in [0.2, 0.25) is 10.0 Å². The number of benzene rings is 2. The molecular weight excluding hydrogens is 368 g/mol. The maximum absolute atomic E-state index is 12.5. The first-order valence-corrected chi connectivity index (χ1v) is 9.70. The Hall–Kier alpha value is -2.91. The van der Waals surface area contributed by atoms with Gasteiger partial charge in [-0.15, -0.1) is 0 Å². The average Bonchev–Trinajstić information content (AvgIpc) is 3.17. The van der Waals surface area contributed by atoms with Crippen LogP contribution in [0.3, 0.4) is 0 Å². The van der Waals surface area contributed by atoms with Crippen molar-refractivity contribution in [1.29, 1.82) is 0 Å². The highest BCUT2D eigenvalue weighted by Gasteiger charge is 2.17. The van der Waals surface area contributed by atoms with Gasteiger partial charge in [0.25, 0.3) is 0 Å². The quantitative estimate of drug-likeness (QED) is 0.611. The van der Waals surface area contributed by atoms with E-state index in [0.717, 1.165) is 5.56 Å². The maximum atomic E-state index is 12.5. The Labute approximate surface area is 157 Å². The summed E-state index contributed by atoms with van der Waals surface area (Å²) in [6.07, 6.45) is 0.381. The number of aromatic amines is 1. The summed E-state index contributed by atoms with van der Waals surface area (Å²) in [5.41, 5.74) is 0.894. The molecule has 142 valence electrons.